The van der Waals surface area contributed by atoms with Gasteiger partial charge in [-0.25, -0.2) is 4.57 Å². The van der Waals surface area contributed by atoms with E-state index in [1.165, 1.54) is 11.3 Å². The van der Waals surface area contributed by atoms with Crippen LogP contribution in [-0.2, 0) is 12.5 Å². The molecule has 0 saturated heterocycles. The first-order valence-corrected chi connectivity index (χ1v) is 12.5. The number of fused-ring (bicyclic) bond motifs is 4. The Balaban J connectivity index is 1.75. The van der Waals surface area contributed by atoms with Crippen molar-refractivity contribution in [1.82, 2.24) is 0 Å². The third-order valence-electron chi connectivity index (χ3n) is 7.92. The number of pyridine rings is 1. The van der Waals surface area contributed by atoms with Crippen LogP contribution in [0.15, 0.2) is 71.3 Å². The standard InChI is InChI=1S/C32H30N3O/c1-20-12-14-22-23-15-13-21(19-33)28(24-9-8-11-26-29(24)32(2,3)16-18-35(26)5)31(23)36-30(22)27(20)25-10-6-7-17-34(25)4/h6-15,17H,16,18H2,1-5H3/q+1. The Bertz CT molecular complexity index is 1720. The van der Waals surface area contributed by atoms with E-state index >= 15 is 0 Å². The third-order valence-corrected chi connectivity index (χ3v) is 7.92. The number of anilines is 1. The number of nitrogens with zero attached hydrogens (tertiary/aromatic N) is 3. The predicted octanol–water partition coefficient (Wildman–Crippen LogP) is 7.04. The number of rotatable bonds is 2. The zero-order valence-electron chi connectivity index (χ0n) is 21.5. The zero-order valence-corrected chi connectivity index (χ0v) is 21.5. The number of hydrogen-bond donors (Lipinski definition) is 0. The van der Waals surface area contributed by atoms with E-state index in [0.29, 0.717) is 5.56 Å². The molecule has 1 aliphatic heterocycles. The van der Waals surface area contributed by atoms with Crippen molar-refractivity contribution in [3.63, 3.8) is 0 Å². The maximum absolute atomic E-state index is 10.2. The summed E-state index contributed by atoms with van der Waals surface area (Å²) < 4.78 is 8.94. The highest BCUT2D eigenvalue weighted by Gasteiger charge is 2.34. The van der Waals surface area contributed by atoms with E-state index in [1.807, 2.05) is 18.2 Å². The Labute approximate surface area is 212 Å². The number of aromatic nitrogens is 1. The van der Waals surface area contributed by atoms with Crippen molar-refractivity contribution in [2.45, 2.75) is 32.6 Å². The fraction of sp³-hybridized carbons (Fsp3) is 0.250. The molecule has 0 bridgehead atoms. The molecule has 0 spiro atoms. The van der Waals surface area contributed by atoms with Crippen LogP contribution in [0.1, 0.15) is 37.0 Å². The first-order valence-electron chi connectivity index (χ1n) is 12.5. The molecule has 3 aromatic carbocycles. The van der Waals surface area contributed by atoms with Gasteiger partial charge in [-0.2, -0.15) is 5.26 Å². The lowest BCUT2D eigenvalue weighted by molar-refractivity contribution is -0.660. The van der Waals surface area contributed by atoms with Crippen molar-refractivity contribution < 1.29 is 8.98 Å². The molecule has 0 amide bonds. The highest BCUT2D eigenvalue weighted by molar-refractivity contribution is 6.14. The molecule has 178 valence electrons. The van der Waals surface area contributed by atoms with Crippen LogP contribution in [0.25, 0.3) is 44.3 Å². The van der Waals surface area contributed by atoms with Crippen molar-refractivity contribution in [2.75, 3.05) is 18.5 Å². The van der Waals surface area contributed by atoms with Crippen LogP contribution in [-0.4, -0.2) is 13.6 Å². The number of benzene rings is 3. The maximum Gasteiger partial charge on any atom is 0.216 e. The zero-order chi connectivity index (χ0) is 25.2. The van der Waals surface area contributed by atoms with Crippen LogP contribution in [0, 0.1) is 18.3 Å². The smallest absolute Gasteiger partial charge is 0.216 e. The predicted molar refractivity (Wildman–Crippen MR) is 146 cm³/mol. The molecule has 0 radical (unpaired) electrons. The summed E-state index contributed by atoms with van der Waals surface area (Å²) in [5.41, 5.74) is 10.1. The lowest BCUT2D eigenvalue weighted by Crippen LogP contribution is -2.35. The second kappa shape index (κ2) is 7.96. The molecule has 0 saturated carbocycles. The van der Waals surface area contributed by atoms with E-state index < -0.39 is 0 Å². The molecule has 0 aliphatic carbocycles. The van der Waals surface area contributed by atoms with Crippen molar-refractivity contribution in [3.8, 4) is 28.5 Å². The fourth-order valence-corrected chi connectivity index (χ4v) is 5.93. The van der Waals surface area contributed by atoms with Crippen LogP contribution in [0.4, 0.5) is 5.69 Å². The first-order chi connectivity index (χ1) is 17.3. The molecule has 6 rings (SSSR count). The average Bonchev–Trinajstić information content (AvgIpc) is 3.24. The monoisotopic (exact) mass is 472 g/mol. The van der Waals surface area contributed by atoms with Gasteiger partial charge in [0.2, 0.25) is 5.69 Å². The van der Waals surface area contributed by atoms with Gasteiger partial charge >= 0.3 is 0 Å². The third kappa shape index (κ3) is 3.16. The summed E-state index contributed by atoms with van der Waals surface area (Å²) in [7, 11) is 4.21. The Morgan fingerprint density at radius 2 is 1.69 bits per heavy atom. The highest BCUT2D eigenvalue weighted by Crippen LogP contribution is 2.48. The van der Waals surface area contributed by atoms with Gasteiger partial charge in [0.05, 0.1) is 17.2 Å². The largest absolute Gasteiger partial charge is 0.454 e. The molecule has 0 atom stereocenters. The van der Waals surface area contributed by atoms with Gasteiger partial charge < -0.3 is 9.32 Å². The summed E-state index contributed by atoms with van der Waals surface area (Å²) >= 11 is 0. The maximum atomic E-state index is 10.2. The molecule has 4 heteroatoms. The van der Waals surface area contributed by atoms with Crippen LogP contribution in [0.5, 0.6) is 0 Å². The number of aryl methyl sites for hydroxylation is 2. The molecular formula is C32H30N3O+. The fourth-order valence-electron chi connectivity index (χ4n) is 5.93. The Morgan fingerprint density at radius 3 is 2.44 bits per heavy atom. The minimum absolute atomic E-state index is 0.0150. The average molecular weight is 473 g/mol. The van der Waals surface area contributed by atoms with Gasteiger partial charge in [-0.3, -0.25) is 0 Å². The normalized spacial score (nSPS) is 14.7. The van der Waals surface area contributed by atoms with Crippen LogP contribution >= 0.6 is 0 Å². The molecule has 0 unspecified atom stereocenters. The molecule has 2 aromatic heterocycles. The van der Waals surface area contributed by atoms with Crippen LogP contribution < -0.4 is 9.47 Å². The summed E-state index contributed by atoms with van der Waals surface area (Å²) in [4.78, 5) is 2.33. The molecule has 5 aromatic rings. The minimum Gasteiger partial charge on any atom is -0.454 e. The van der Waals surface area contributed by atoms with Crippen molar-refractivity contribution in [2.24, 2.45) is 7.05 Å². The van der Waals surface area contributed by atoms with Gasteiger partial charge in [-0.15, -0.1) is 0 Å². The summed E-state index contributed by atoms with van der Waals surface area (Å²) in [5, 5.41) is 12.3. The second-order valence-electron chi connectivity index (χ2n) is 10.7. The molecule has 0 fully saturated rings. The van der Waals surface area contributed by atoms with E-state index in [-0.39, 0.29) is 5.41 Å². The van der Waals surface area contributed by atoms with Crippen molar-refractivity contribution in [1.29, 1.82) is 5.26 Å². The van der Waals surface area contributed by atoms with Crippen LogP contribution in [0.3, 0.4) is 0 Å². The summed E-state index contributed by atoms with van der Waals surface area (Å²) in [6.45, 7) is 7.76. The van der Waals surface area contributed by atoms with E-state index in [0.717, 1.165) is 62.9 Å². The van der Waals surface area contributed by atoms with E-state index in [1.54, 1.807) is 0 Å². The van der Waals surface area contributed by atoms with Crippen molar-refractivity contribution in [3.05, 3.63) is 83.6 Å². The summed E-state index contributed by atoms with van der Waals surface area (Å²) in [6.07, 6.45) is 3.11. The SMILES string of the molecule is Cc1ccc2c(oc3c(-c4cccc5c4C(C)(C)CCN5C)c(C#N)ccc32)c1-c1cccc[n+]1C. The van der Waals surface area contributed by atoms with Crippen LogP contribution in [0.2, 0.25) is 0 Å². The number of furan rings is 1. The lowest BCUT2D eigenvalue weighted by atomic mass is 9.73. The second-order valence-corrected chi connectivity index (χ2v) is 10.7. The van der Waals surface area contributed by atoms with Gasteiger partial charge in [0, 0.05) is 47.7 Å². The van der Waals surface area contributed by atoms with Gasteiger partial charge in [0.1, 0.15) is 18.2 Å². The quantitative estimate of drug-likeness (QED) is 0.259. The first kappa shape index (κ1) is 22.4. The molecule has 0 N–H and O–H groups in total. The molecule has 36 heavy (non-hydrogen) atoms. The Morgan fingerprint density at radius 1 is 0.944 bits per heavy atom. The topological polar surface area (TPSA) is 44.1 Å². The molecule has 4 nitrogen and oxygen atoms in total. The Hall–Kier alpha value is -4.10. The minimum atomic E-state index is -0.0150. The summed E-state index contributed by atoms with van der Waals surface area (Å²) in [5.74, 6) is 0. The Kier molecular flexibility index (Phi) is 4.95. The van der Waals surface area contributed by atoms with Gasteiger partial charge in [0.25, 0.3) is 0 Å². The molecule has 1 aliphatic rings. The number of nitriles is 1. The van der Waals surface area contributed by atoms with Gasteiger partial charge in [0.15, 0.2) is 6.20 Å². The van der Waals surface area contributed by atoms with E-state index in [2.05, 4.69) is 99.1 Å². The summed E-state index contributed by atoms with van der Waals surface area (Å²) in [6, 6.07) is 23.5. The molecular weight excluding hydrogens is 442 g/mol. The lowest BCUT2D eigenvalue weighted by Gasteiger charge is -2.40. The highest BCUT2D eigenvalue weighted by atomic mass is 16.3. The van der Waals surface area contributed by atoms with E-state index in [4.69, 9.17) is 4.42 Å². The molecule has 3 heterocycles. The van der Waals surface area contributed by atoms with Crippen molar-refractivity contribution >= 4 is 27.6 Å². The number of hydrogen-bond acceptors (Lipinski definition) is 3. The van der Waals surface area contributed by atoms with Gasteiger partial charge in [-0.05, 0) is 59.7 Å². The van der Waals surface area contributed by atoms with E-state index in [9.17, 15) is 5.26 Å². The van der Waals surface area contributed by atoms with Gasteiger partial charge in [-0.1, -0.05) is 38.1 Å².